The van der Waals surface area contributed by atoms with Gasteiger partial charge in [-0.1, -0.05) is 12.1 Å². The molecule has 0 aliphatic carbocycles. The van der Waals surface area contributed by atoms with Gasteiger partial charge in [0.15, 0.2) is 0 Å². The third-order valence-electron chi connectivity index (χ3n) is 2.96. The number of nitrogens with zero attached hydrogens (tertiary/aromatic N) is 1. The summed E-state index contributed by atoms with van der Waals surface area (Å²) >= 11 is 0. The zero-order chi connectivity index (χ0) is 14.4. The smallest absolute Gasteiger partial charge is 0.370 e. The van der Waals surface area contributed by atoms with Crippen LogP contribution in [0.2, 0.25) is 0 Å². The number of fused-ring (bicyclic) bond motifs is 1. The molecule has 0 fully saturated rings. The highest BCUT2D eigenvalue weighted by Crippen LogP contribution is 2.15. The van der Waals surface area contributed by atoms with Crippen LogP contribution in [-0.4, -0.2) is 33.6 Å². The van der Waals surface area contributed by atoms with Crippen molar-refractivity contribution in [3.05, 3.63) is 36.5 Å². The molecule has 0 saturated carbocycles. The normalized spacial score (nSPS) is 11.9. The molecule has 1 aromatic carbocycles. The van der Waals surface area contributed by atoms with Gasteiger partial charge in [0.2, 0.25) is 0 Å². The predicted molar refractivity (Wildman–Crippen MR) is 82.0 cm³/mol. The molecule has 0 atom stereocenters. The lowest BCUT2D eigenvalue weighted by Gasteiger charge is -2.28. The lowest BCUT2D eigenvalue weighted by Crippen LogP contribution is -2.56. The van der Waals surface area contributed by atoms with Gasteiger partial charge >= 0.3 is 8.80 Å². The van der Waals surface area contributed by atoms with Crippen molar-refractivity contribution in [3.8, 4) is 0 Å². The fourth-order valence-electron chi connectivity index (χ4n) is 2.21. The van der Waals surface area contributed by atoms with E-state index < -0.39 is 8.80 Å². The fraction of sp³-hybridized carbons (Fsp3) is 0.400. The van der Waals surface area contributed by atoms with E-state index in [0.29, 0.717) is 19.8 Å². The van der Waals surface area contributed by atoms with Crippen LogP contribution in [0.25, 0.3) is 10.9 Å². The van der Waals surface area contributed by atoms with E-state index >= 15 is 0 Å². The van der Waals surface area contributed by atoms with Crippen LogP contribution >= 0.6 is 0 Å². The Morgan fingerprint density at radius 3 is 2.20 bits per heavy atom. The Hall–Kier alpha value is -1.27. The highest BCUT2D eigenvalue weighted by Gasteiger charge is 2.43. The van der Waals surface area contributed by atoms with Crippen molar-refractivity contribution in [2.24, 2.45) is 0 Å². The largest absolute Gasteiger partial charge is 0.537 e. The van der Waals surface area contributed by atoms with Crippen LogP contribution in [0.1, 0.15) is 20.8 Å². The average molecular weight is 291 g/mol. The van der Waals surface area contributed by atoms with Gasteiger partial charge in [-0.15, -0.1) is 0 Å². The first-order valence-electron chi connectivity index (χ1n) is 7.02. The number of hydrogen-bond donors (Lipinski definition) is 0. The van der Waals surface area contributed by atoms with E-state index in [0.717, 1.165) is 16.1 Å². The van der Waals surface area contributed by atoms with Crippen molar-refractivity contribution in [2.45, 2.75) is 20.8 Å². The van der Waals surface area contributed by atoms with Crippen molar-refractivity contribution < 1.29 is 13.3 Å². The van der Waals surface area contributed by atoms with Crippen molar-refractivity contribution >= 4 is 24.9 Å². The summed E-state index contributed by atoms with van der Waals surface area (Å²) in [6.07, 6.45) is 1.79. The molecular weight excluding hydrogens is 270 g/mol. The number of hydrogen-bond acceptors (Lipinski definition) is 4. The molecule has 0 bridgehead atoms. The quantitative estimate of drug-likeness (QED) is 0.735. The molecule has 0 aliphatic heterocycles. The van der Waals surface area contributed by atoms with Gasteiger partial charge in [-0.05, 0) is 39.0 Å². The van der Waals surface area contributed by atoms with Gasteiger partial charge in [0.1, 0.15) is 0 Å². The van der Waals surface area contributed by atoms with E-state index in [4.69, 9.17) is 13.3 Å². The first kappa shape index (κ1) is 15.1. The first-order valence-corrected chi connectivity index (χ1v) is 8.75. The summed E-state index contributed by atoms with van der Waals surface area (Å²) in [5.41, 5.74) is 0.962. The maximum atomic E-state index is 5.92. The molecular formula is C15H21NO3Si. The average Bonchev–Trinajstić information content (AvgIpc) is 2.47. The third kappa shape index (κ3) is 3.07. The molecule has 1 aromatic heterocycles. The molecule has 0 amide bonds. The van der Waals surface area contributed by atoms with Crippen LogP contribution in [0.15, 0.2) is 36.5 Å². The summed E-state index contributed by atoms with van der Waals surface area (Å²) in [6, 6.07) is 10.0. The predicted octanol–water partition coefficient (Wildman–Crippen LogP) is 2.49. The Morgan fingerprint density at radius 2 is 1.60 bits per heavy atom. The van der Waals surface area contributed by atoms with E-state index in [1.54, 1.807) is 6.20 Å². The molecule has 0 N–H and O–H groups in total. The zero-order valence-electron chi connectivity index (χ0n) is 12.3. The summed E-state index contributed by atoms with van der Waals surface area (Å²) in [7, 11) is -2.82. The van der Waals surface area contributed by atoms with Crippen LogP contribution in [-0.2, 0) is 13.3 Å². The van der Waals surface area contributed by atoms with Gasteiger partial charge in [-0.3, -0.25) is 4.98 Å². The van der Waals surface area contributed by atoms with E-state index in [1.165, 1.54) is 0 Å². The highest BCUT2D eigenvalue weighted by molar-refractivity contribution is 6.75. The maximum absolute atomic E-state index is 5.92. The summed E-state index contributed by atoms with van der Waals surface area (Å²) in [5.74, 6) is 0. The molecule has 0 saturated heterocycles. The van der Waals surface area contributed by atoms with E-state index in [9.17, 15) is 0 Å². The highest BCUT2D eigenvalue weighted by atomic mass is 28.4. The molecule has 1 heterocycles. The number of benzene rings is 1. The Morgan fingerprint density at radius 1 is 0.950 bits per heavy atom. The lowest BCUT2D eigenvalue weighted by molar-refractivity contribution is 0.0859. The third-order valence-corrected chi connectivity index (χ3v) is 5.98. The Bertz CT molecular complexity index is 545. The molecule has 2 aromatic rings. The maximum Gasteiger partial charge on any atom is 0.537 e. The summed E-state index contributed by atoms with van der Waals surface area (Å²) in [6.45, 7) is 7.58. The summed E-state index contributed by atoms with van der Waals surface area (Å²) < 4.78 is 17.8. The van der Waals surface area contributed by atoms with Crippen molar-refractivity contribution in [2.75, 3.05) is 19.8 Å². The number of pyridine rings is 1. The van der Waals surface area contributed by atoms with E-state index in [1.807, 2.05) is 45.0 Å². The summed E-state index contributed by atoms with van der Waals surface area (Å²) in [4.78, 5) is 4.34. The molecule has 108 valence electrons. The number of rotatable bonds is 7. The first-order chi connectivity index (χ1) is 9.75. The SMILES string of the molecule is CCO[Si](OCC)(OCC)c1ccc2ncccc2c1. The Balaban J connectivity index is 2.48. The Kier molecular flexibility index (Phi) is 5.25. The second kappa shape index (κ2) is 6.94. The Labute approximate surface area is 121 Å². The van der Waals surface area contributed by atoms with E-state index in [-0.39, 0.29) is 0 Å². The molecule has 20 heavy (non-hydrogen) atoms. The van der Waals surface area contributed by atoms with Gasteiger partial charge in [-0.2, -0.15) is 0 Å². The topological polar surface area (TPSA) is 40.6 Å². The van der Waals surface area contributed by atoms with Gasteiger partial charge in [-0.25, -0.2) is 0 Å². The molecule has 0 radical (unpaired) electrons. The molecule has 5 heteroatoms. The van der Waals surface area contributed by atoms with Crippen LogP contribution in [0.3, 0.4) is 0 Å². The van der Waals surface area contributed by atoms with Crippen LogP contribution in [0, 0.1) is 0 Å². The molecule has 2 rings (SSSR count). The second-order valence-electron chi connectivity index (χ2n) is 4.27. The monoisotopic (exact) mass is 291 g/mol. The van der Waals surface area contributed by atoms with Crippen molar-refractivity contribution in [1.82, 2.24) is 4.98 Å². The zero-order valence-corrected chi connectivity index (χ0v) is 13.3. The van der Waals surface area contributed by atoms with Gasteiger partial charge in [0.25, 0.3) is 0 Å². The van der Waals surface area contributed by atoms with E-state index in [2.05, 4.69) is 11.1 Å². The number of aromatic nitrogens is 1. The lowest BCUT2D eigenvalue weighted by atomic mass is 10.2. The molecule has 0 spiro atoms. The minimum atomic E-state index is -2.82. The van der Waals surface area contributed by atoms with Crippen LogP contribution in [0.4, 0.5) is 0 Å². The van der Waals surface area contributed by atoms with Gasteiger partial charge < -0.3 is 13.3 Å². The second-order valence-corrected chi connectivity index (χ2v) is 6.82. The summed E-state index contributed by atoms with van der Waals surface area (Å²) in [5, 5.41) is 2.06. The molecule has 0 unspecified atom stereocenters. The molecule has 0 aliphatic rings. The minimum Gasteiger partial charge on any atom is -0.370 e. The van der Waals surface area contributed by atoms with Gasteiger partial charge in [0, 0.05) is 36.6 Å². The fourth-order valence-corrected chi connectivity index (χ4v) is 4.72. The van der Waals surface area contributed by atoms with Gasteiger partial charge in [0.05, 0.1) is 5.52 Å². The van der Waals surface area contributed by atoms with Crippen molar-refractivity contribution in [1.29, 1.82) is 0 Å². The standard InChI is InChI=1S/C15H21NO3Si/c1-4-17-20(18-5-2,19-6-3)14-9-10-15-13(12-14)8-7-11-16-15/h7-12H,4-6H2,1-3H3. The molecule has 4 nitrogen and oxygen atoms in total. The van der Waals surface area contributed by atoms with Crippen molar-refractivity contribution in [3.63, 3.8) is 0 Å². The van der Waals surface area contributed by atoms with Crippen LogP contribution in [0.5, 0.6) is 0 Å². The minimum absolute atomic E-state index is 0.567. The van der Waals surface area contributed by atoms with Crippen LogP contribution < -0.4 is 5.19 Å².